The van der Waals surface area contributed by atoms with Crippen molar-refractivity contribution in [3.63, 3.8) is 0 Å². The van der Waals surface area contributed by atoms with E-state index in [1.165, 1.54) is 42.7 Å². The molecule has 2 heterocycles. The SMILES string of the molecule is Cc1nc(-c2ccccc2C(C)C)sc1C(=O)NCCCN1CCCCC1C. The van der Waals surface area contributed by atoms with E-state index in [0.29, 0.717) is 12.0 Å². The summed E-state index contributed by atoms with van der Waals surface area (Å²) in [6, 6.07) is 9.04. The predicted molar refractivity (Wildman–Crippen MR) is 118 cm³/mol. The Bertz CT molecular complexity index is 799. The fraction of sp³-hybridized carbons (Fsp3) is 0.565. The summed E-state index contributed by atoms with van der Waals surface area (Å²) >= 11 is 1.51. The highest BCUT2D eigenvalue weighted by Crippen LogP contribution is 2.33. The van der Waals surface area contributed by atoms with Gasteiger partial charge in [-0.25, -0.2) is 4.98 Å². The Hall–Kier alpha value is -1.72. The molecular weight excluding hydrogens is 366 g/mol. The maximum Gasteiger partial charge on any atom is 0.263 e. The molecule has 1 aliphatic heterocycles. The number of benzene rings is 1. The quantitative estimate of drug-likeness (QED) is 0.648. The first-order chi connectivity index (χ1) is 13.5. The van der Waals surface area contributed by atoms with Crippen LogP contribution in [0.15, 0.2) is 24.3 Å². The monoisotopic (exact) mass is 399 g/mol. The third-order valence-corrected chi connectivity index (χ3v) is 6.85. The number of piperidine rings is 1. The minimum Gasteiger partial charge on any atom is -0.351 e. The fourth-order valence-electron chi connectivity index (χ4n) is 3.97. The normalized spacial score (nSPS) is 17.8. The Labute approximate surface area is 173 Å². The number of aryl methyl sites for hydroxylation is 1. The van der Waals surface area contributed by atoms with Crippen LogP contribution >= 0.6 is 11.3 Å². The van der Waals surface area contributed by atoms with Crippen molar-refractivity contribution in [1.82, 2.24) is 15.2 Å². The molecule has 0 aliphatic carbocycles. The van der Waals surface area contributed by atoms with E-state index in [-0.39, 0.29) is 5.91 Å². The molecule has 0 bridgehead atoms. The first kappa shape index (κ1) is 21.0. The van der Waals surface area contributed by atoms with E-state index in [0.717, 1.165) is 40.7 Å². The molecule has 28 heavy (non-hydrogen) atoms. The molecule has 1 saturated heterocycles. The van der Waals surface area contributed by atoms with Gasteiger partial charge in [0.25, 0.3) is 5.91 Å². The van der Waals surface area contributed by atoms with Gasteiger partial charge < -0.3 is 10.2 Å². The lowest BCUT2D eigenvalue weighted by atomic mass is 9.98. The molecule has 3 rings (SSSR count). The number of nitrogens with one attached hydrogen (secondary N) is 1. The average molecular weight is 400 g/mol. The first-order valence-electron chi connectivity index (χ1n) is 10.6. The van der Waals surface area contributed by atoms with Crippen LogP contribution in [0.3, 0.4) is 0 Å². The topological polar surface area (TPSA) is 45.2 Å². The highest BCUT2D eigenvalue weighted by Gasteiger charge is 2.19. The highest BCUT2D eigenvalue weighted by atomic mass is 32.1. The van der Waals surface area contributed by atoms with Crippen molar-refractivity contribution in [3.05, 3.63) is 40.4 Å². The van der Waals surface area contributed by atoms with Crippen LogP contribution in [-0.4, -0.2) is 41.5 Å². The molecule has 1 aliphatic rings. The van der Waals surface area contributed by atoms with Gasteiger partial charge in [0.1, 0.15) is 9.88 Å². The number of aromatic nitrogens is 1. The van der Waals surface area contributed by atoms with Crippen molar-refractivity contribution < 1.29 is 4.79 Å². The van der Waals surface area contributed by atoms with Gasteiger partial charge in [-0.05, 0) is 51.1 Å². The maximum atomic E-state index is 12.7. The fourth-order valence-corrected chi connectivity index (χ4v) is 5.00. The summed E-state index contributed by atoms with van der Waals surface area (Å²) in [4.78, 5) is 20.7. The van der Waals surface area contributed by atoms with Crippen molar-refractivity contribution >= 4 is 17.2 Å². The highest BCUT2D eigenvalue weighted by molar-refractivity contribution is 7.17. The minimum atomic E-state index is 0.00923. The zero-order valence-corrected chi connectivity index (χ0v) is 18.4. The van der Waals surface area contributed by atoms with Crippen molar-refractivity contribution in [2.45, 2.75) is 65.3 Å². The number of hydrogen-bond donors (Lipinski definition) is 1. The van der Waals surface area contributed by atoms with E-state index in [2.05, 4.69) is 49.2 Å². The molecule has 1 fully saturated rings. The van der Waals surface area contributed by atoms with Gasteiger partial charge in [-0.3, -0.25) is 4.79 Å². The van der Waals surface area contributed by atoms with Crippen molar-refractivity contribution in [1.29, 1.82) is 0 Å². The Morgan fingerprint density at radius 3 is 2.86 bits per heavy atom. The van der Waals surface area contributed by atoms with Crippen LogP contribution in [0.2, 0.25) is 0 Å². The molecule has 152 valence electrons. The molecule has 2 aromatic rings. The molecule has 0 saturated carbocycles. The Balaban J connectivity index is 1.59. The lowest BCUT2D eigenvalue weighted by molar-refractivity contribution is 0.0952. The number of thiazole rings is 1. The third-order valence-electron chi connectivity index (χ3n) is 5.66. The van der Waals surface area contributed by atoms with Crippen LogP contribution in [0.1, 0.15) is 73.3 Å². The summed E-state index contributed by atoms with van der Waals surface area (Å²) in [5, 5.41) is 4.04. The number of likely N-dealkylation sites (tertiary alicyclic amines) is 1. The molecule has 1 amide bonds. The summed E-state index contributed by atoms with van der Waals surface area (Å²) in [7, 11) is 0. The molecule has 1 N–H and O–H groups in total. The van der Waals surface area contributed by atoms with Crippen molar-refractivity contribution in [2.24, 2.45) is 0 Å². The summed E-state index contributed by atoms with van der Waals surface area (Å²) in [6.07, 6.45) is 4.95. The molecule has 0 radical (unpaired) electrons. The third kappa shape index (κ3) is 5.00. The summed E-state index contributed by atoms with van der Waals surface area (Å²) in [6.45, 7) is 11.6. The van der Waals surface area contributed by atoms with Gasteiger partial charge in [0.2, 0.25) is 0 Å². The van der Waals surface area contributed by atoms with E-state index in [9.17, 15) is 4.79 Å². The average Bonchev–Trinajstić information content (AvgIpc) is 3.08. The molecule has 1 unspecified atom stereocenters. The van der Waals surface area contributed by atoms with Gasteiger partial charge >= 0.3 is 0 Å². The summed E-state index contributed by atoms with van der Waals surface area (Å²) < 4.78 is 0. The molecule has 4 nitrogen and oxygen atoms in total. The number of amides is 1. The van der Waals surface area contributed by atoms with E-state index >= 15 is 0 Å². The number of nitrogens with zero attached hydrogens (tertiary/aromatic N) is 2. The molecular formula is C23H33N3OS. The predicted octanol–water partition coefficient (Wildman–Crippen LogP) is 5.24. The Morgan fingerprint density at radius 1 is 1.32 bits per heavy atom. The maximum absolute atomic E-state index is 12.7. The second-order valence-corrected chi connectivity index (χ2v) is 9.16. The van der Waals surface area contributed by atoms with Gasteiger partial charge in [-0.2, -0.15) is 0 Å². The zero-order chi connectivity index (χ0) is 20.1. The first-order valence-corrected chi connectivity index (χ1v) is 11.4. The van der Waals surface area contributed by atoms with E-state index in [1.54, 1.807) is 0 Å². The van der Waals surface area contributed by atoms with Gasteiger partial charge in [0, 0.05) is 24.7 Å². The second kappa shape index (κ2) is 9.66. The lowest BCUT2D eigenvalue weighted by Crippen LogP contribution is -2.39. The molecule has 1 aromatic carbocycles. The van der Waals surface area contributed by atoms with Gasteiger partial charge in [-0.1, -0.05) is 44.5 Å². The summed E-state index contributed by atoms with van der Waals surface area (Å²) in [5.74, 6) is 0.435. The summed E-state index contributed by atoms with van der Waals surface area (Å²) in [5.41, 5.74) is 3.24. The Kier molecular flexibility index (Phi) is 7.24. The molecule has 1 atom stereocenters. The van der Waals surface area contributed by atoms with Gasteiger partial charge in [0.15, 0.2) is 0 Å². The van der Waals surface area contributed by atoms with Crippen LogP contribution in [0, 0.1) is 6.92 Å². The van der Waals surface area contributed by atoms with Crippen LogP contribution < -0.4 is 5.32 Å². The van der Waals surface area contributed by atoms with E-state index in [4.69, 9.17) is 4.98 Å². The van der Waals surface area contributed by atoms with Gasteiger partial charge in [-0.15, -0.1) is 11.3 Å². The van der Waals surface area contributed by atoms with Crippen LogP contribution in [0.5, 0.6) is 0 Å². The molecule has 1 aromatic heterocycles. The number of rotatable bonds is 7. The van der Waals surface area contributed by atoms with E-state index < -0.39 is 0 Å². The minimum absolute atomic E-state index is 0.00923. The van der Waals surface area contributed by atoms with E-state index in [1.807, 2.05) is 13.0 Å². The Morgan fingerprint density at radius 2 is 2.11 bits per heavy atom. The lowest BCUT2D eigenvalue weighted by Gasteiger charge is -2.33. The van der Waals surface area contributed by atoms with Crippen LogP contribution in [0.25, 0.3) is 10.6 Å². The van der Waals surface area contributed by atoms with Crippen molar-refractivity contribution in [3.8, 4) is 10.6 Å². The molecule has 0 spiro atoms. The standard InChI is InChI=1S/C23H33N3OS/c1-16(2)19-11-5-6-12-20(19)23-25-18(4)21(28-23)22(27)24-13-9-15-26-14-8-7-10-17(26)3/h5-6,11-12,16-17H,7-10,13-15H2,1-4H3,(H,24,27). The largest absolute Gasteiger partial charge is 0.351 e. The number of hydrogen-bond acceptors (Lipinski definition) is 4. The number of carbonyl (C=O) groups is 1. The van der Waals surface area contributed by atoms with Crippen molar-refractivity contribution in [2.75, 3.05) is 19.6 Å². The zero-order valence-electron chi connectivity index (χ0n) is 17.6. The molecule has 5 heteroatoms. The smallest absolute Gasteiger partial charge is 0.263 e. The van der Waals surface area contributed by atoms with Crippen LogP contribution in [0.4, 0.5) is 0 Å². The van der Waals surface area contributed by atoms with Crippen LogP contribution in [-0.2, 0) is 0 Å². The second-order valence-electron chi connectivity index (χ2n) is 8.17. The van der Waals surface area contributed by atoms with Gasteiger partial charge in [0.05, 0.1) is 5.69 Å². The number of carbonyl (C=O) groups excluding carboxylic acids is 1.